The Bertz CT molecular complexity index is 629. The molecule has 21 heavy (non-hydrogen) atoms. The highest BCUT2D eigenvalue weighted by molar-refractivity contribution is 5.48. The number of nitrogens with zero attached hydrogens (tertiary/aromatic N) is 2. The smallest absolute Gasteiger partial charge is 0.158 e. The quantitative estimate of drug-likeness (QED) is 0.853. The molecule has 0 bridgehead atoms. The van der Waals surface area contributed by atoms with Crippen molar-refractivity contribution in [3.63, 3.8) is 0 Å². The van der Waals surface area contributed by atoms with E-state index in [0.717, 1.165) is 24.6 Å². The molecule has 5 heteroatoms. The van der Waals surface area contributed by atoms with Crippen molar-refractivity contribution in [1.82, 2.24) is 9.97 Å². The normalized spacial score (nSPS) is 16.0. The molecule has 2 N–H and O–H groups in total. The molecule has 3 rings (SSSR count). The van der Waals surface area contributed by atoms with Gasteiger partial charge in [-0.2, -0.15) is 0 Å². The predicted octanol–water partition coefficient (Wildman–Crippen LogP) is 2.42. The molecule has 0 saturated heterocycles. The van der Waals surface area contributed by atoms with E-state index in [0.29, 0.717) is 18.3 Å². The molecule has 1 aliphatic carbocycles. The van der Waals surface area contributed by atoms with E-state index in [1.165, 1.54) is 11.1 Å². The van der Waals surface area contributed by atoms with E-state index in [9.17, 15) is 0 Å². The third-order valence-corrected chi connectivity index (χ3v) is 3.79. The van der Waals surface area contributed by atoms with Crippen molar-refractivity contribution in [1.29, 1.82) is 0 Å². The SMILES string of the molecule is CNc1cc(NCC2Cc3ccccc32)nc(COC)n1. The summed E-state index contributed by atoms with van der Waals surface area (Å²) in [7, 11) is 3.50. The first-order valence-electron chi connectivity index (χ1n) is 7.16. The van der Waals surface area contributed by atoms with Crippen LogP contribution in [0.4, 0.5) is 11.6 Å². The second-order valence-corrected chi connectivity index (χ2v) is 5.22. The van der Waals surface area contributed by atoms with Crippen molar-refractivity contribution in [3.8, 4) is 0 Å². The number of benzene rings is 1. The summed E-state index contributed by atoms with van der Waals surface area (Å²) in [5.74, 6) is 2.89. The van der Waals surface area contributed by atoms with Crippen LogP contribution in [0.3, 0.4) is 0 Å². The average molecular weight is 284 g/mol. The van der Waals surface area contributed by atoms with Crippen LogP contribution < -0.4 is 10.6 Å². The third-order valence-electron chi connectivity index (χ3n) is 3.79. The van der Waals surface area contributed by atoms with Gasteiger partial charge in [0.1, 0.15) is 18.2 Å². The van der Waals surface area contributed by atoms with Crippen LogP contribution >= 0.6 is 0 Å². The maximum atomic E-state index is 5.11. The second-order valence-electron chi connectivity index (χ2n) is 5.22. The first kappa shape index (κ1) is 13.8. The predicted molar refractivity (Wildman–Crippen MR) is 83.7 cm³/mol. The largest absolute Gasteiger partial charge is 0.377 e. The molecule has 1 aromatic heterocycles. The fourth-order valence-corrected chi connectivity index (χ4v) is 2.68. The topological polar surface area (TPSA) is 59.1 Å². The first-order valence-corrected chi connectivity index (χ1v) is 7.16. The van der Waals surface area contributed by atoms with Crippen LogP contribution in [0, 0.1) is 0 Å². The van der Waals surface area contributed by atoms with E-state index in [-0.39, 0.29) is 0 Å². The summed E-state index contributed by atoms with van der Waals surface area (Å²) in [6.07, 6.45) is 1.14. The van der Waals surface area contributed by atoms with Gasteiger partial charge in [0, 0.05) is 32.7 Å². The van der Waals surface area contributed by atoms with Gasteiger partial charge in [-0.05, 0) is 17.5 Å². The van der Waals surface area contributed by atoms with Gasteiger partial charge in [0.25, 0.3) is 0 Å². The molecule has 0 amide bonds. The summed E-state index contributed by atoms with van der Waals surface area (Å²) >= 11 is 0. The van der Waals surface area contributed by atoms with Crippen LogP contribution in [-0.4, -0.2) is 30.7 Å². The second kappa shape index (κ2) is 6.10. The van der Waals surface area contributed by atoms with Crippen LogP contribution in [-0.2, 0) is 17.8 Å². The van der Waals surface area contributed by atoms with Crippen molar-refractivity contribution in [2.24, 2.45) is 0 Å². The Morgan fingerprint density at radius 1 is 1.24 bits per heavy atom. The Labute approximate surface area is 124 Å². The Morgan fingerprint density at radius 3 is 2.81 bits per heavy atom. The number of rotatable bonds is 6. The van der Waals surface area contributed by atoms with Crippen molar-refractivity contribution in [2.75, 3.05) is 31.3 Å². The minimum atomic E-state index is 0.413. The van der Waals surface area contributed by atoms with Gasteiger partial charge in [-0.3, -0.25) is 0 Å². The van der Waals surface area contributed by atoms with E-state index < -0.39 is 0 Å². The Kier molecular flexibility index (Phi) is 4.01. The van der Waals surface area contributed by atoms with Gasteiger partial charge in [-0.1, -0.05) is 24.3 Å². The Balaban J connectivity index is 1.67. The molecule has 2 aromatic rings. The van der Waals surface area contributed by atoms with Crippen LogP contribution in [0.25, 0.3) is 0 Å². The van der Waals surface area contributed by atoms with Gasteiger partial charge in [-0.25, -0.2) is 9.97 Å². The van der Waals surface area contributed by atoms with E-state index in [4.69, 9.17) is 4.74 Å². The van der Waals surface area contributed by atoms with Gasteiger partial charge < -0.3 is 15.4 Å². The fraction of sp³-hybridized carbons (Fsp3) is 0.375. The average Bonchev–Trinajstić information content (AvgIpc) is 2.48. The molecule has 0 saturated carbocycles. The highest BCUT2D eigenvalue weighted by Gasteiger charge is 2.25. The lowest BCUT2D eigenvalue weighted by Gasteiger charge is -2.30. The summed E-state index contributed by atoms with van der Waals surface area (Å²) in [5.41, 5.74) is 2.91. The van der Waals surface area contributed by atoms with Crippen molar-refractivity contribution < 1.29 is 4.74 Å². The van der Waals surface area contributed by atoms with E-state index in [1.54, 1.807) is 7.11 Å². The fourth-order valence-electron chi connectivity index (χ4n) is 2.68. The molecular weight excluding hydrogens is 264 g/mol. The standard InChI is InChI=1S/C16H20N4O/c1-17-14-8-15(20-16(19-14)10-21-2)18-9-12-7-11-5-3-4-6-13(11)12/h3-6,8,12H,7,9-10H2,1-2H3,(H2,17,18,19,20). The number of ether oxygens (including phenoxy) is 1. The molecule has 1 aromatic carbocycles. The number of fused-ring (bicyclic) bond motifs is 1. The number of nitrogens with one attached hydrogen (secondary N) is 2. The van der Waals surface area contributed by atoms with Crippen molar-refractivity contribution in [3.05, 3.63) is 47.3 Å². The van der Waals surface area contributed by atoms with Gasteiger partial charge >= 0.3 is 0 Å². The highest BCUT2D eigenvalue weighted by Crippen LogP contribution is 2.34. The molecule has 0 fully saturated rings. The van der Waals surface area contributed by atoms with Crippen LogP contribution in [0.2, 0.25) is 0 Å². The van der Waals surface area contributed by atoms with Crippen molar-refractivity contribution in [2.45, 2.75) is 18.9 Å². The van der Waals surface area contributed by atoms with Gasteiger partial charge in [0.2, 0.25) is 0 Å². The first-order chi connectivity index (χ1) is 10.3. The van der Waals surface area contributed by atoms with E-state index in [1.807, 2.05) is 13.1 Å². The number of aromatic nitrogens is 2. The van der Waals surface area contributed by atoms with Gasteiger partial charge in [0.15, 0.2) is 5.82 Å². The summed E-state index contributed by atoms with van der Waals surface area (Å²) in [5, 5.41) is 6.47. The van der Waals surface area contributed by atoms with Crippen molar-refractivity contribution >= 4 is 11.6 Å². The van der Waals surface area contributed by atoms with E-state index in [2.05, 4.69) is 44.9 Å². The maximum Gasteiger partial charge on any atom is 0.158 e. The number of hydrogen-bond acceptors (Lipinski definition) is 5. The molecule has 5 nitrogen and oxygen atoms in total. The van der Waals surface area contributed by atoms with Crippen LogP contribution in [0.15, 0.2) is 30.3 Å². The highest BCUT2D eigenvalue weighted by atomic mass is 16.5. The summed E-state index contributed by atoms with van der Waals surface area (Å²) in [6, 6.07) is 10.5. The lowest BCUT2D eigenvalue weighted by molar-refractivity contribution is 0.178. The Morgan fingerprint density at radius 2 is 2.05 bits per heavy atom. The number of anilines is 2. The molecule has 1 heterocycles. The lowest BCUT2D eigenvalue weighted by atomic mass is 9.77. The maximum absolute atomic E-state index is 5.11. The molecule has 1 unspecified atom stereocenters. The minimum absolute atomic E-state index is 0.413. The summed E-state index contributed by atoms with van der Waals surface area (Å²) in [6.45, 7) is 1.31. The zero-order chi connectivity index (χ0) is 14.7. The monoisotopic (exact) mass is 284 g/mol. The van der Waals surface area contributed by atoms with Gasteiger partial charge in [-0.15, -0.1) is 0 Å². The zero-order valence-corrected chi connectivity index (χ0v) is 12.4. The molecule has 0 radical (unpaired) electrons. The molecule has 0 spiro atoms. The Hall–Kier alpha value is -2.14. The summed E-state index contributed by atoms with van der Waals surface area (Å²) < 4.78 is 5.11. The zero-order valence-electron chi connectivity index (χ0n) is 12.4. The van der Waals surface area contributed by atoms with E-state index >= 15 is 0 Å². The summed E-state index contributed by atoms with van der Waals surface area (Å²) in [4.78, 5) is 8.82. The third kappa shape index (κ3) is 2.97. The molecule has 1 aliphatic rings. The van der Waals surface area contributed by atoms with Crippen LogP contribution in [0.5, 0.6) is 0 Å². The minimum Gasteiger partial charge on any atom is -0.377 e. The molecule has 0 aliphatic heterocycles. The molecule has 1 atom stereocenters. The molecular formula is C16H20N4O. The number of hydrogen-bond donors (Lipinski definition) is 2. The van der Waals surface area contributed by atoms with Gasteiger partial charge in [0.05, 0.1) is 0 Å². The molecule has 110 valence electrons. The number of methoxy groups -OCH3 is 1. The lowest BCUT2D eigenvalue weighted by Crippen LogP contribution is -2.24. The van der Waals surface area contributed by atoms with Crippen LogP contribution in [0.1, 0.15) is 22.9 Å².